The van der Waals surface area contributed by atoms with Crippen molar-refractivity contribution in [2.24, 2.45) is 5.92 Å². The van der Waals surface area contributed by atoms with E-state index in [0.717, 1.165) is 60.1 Å². The van der Waals surface area contributed by atoms with Gasteiger partial charge in [-0.05, 0) is 62.4 Å². The number of nitrogens with zero attached hydrogens (tertiary/aromatic N) is 3. The second-order valence-electron chi connectivity index (χ2n) is 8.87. The number of nitrogens with one attached hydrogen (secondary N) is 1. The van der Waals surface area contributed by atoms with E-state index in [4.69, 9.17) is 9.84 Å². The van der Waals surface area contributed by atoms with Crippen LogP contribution in [0, 0.1) is 19.8 Å². The number of hydrogen-bond donors (Lipinski definition) is 1. The van der Waals surface area contributed by atoms with Crippen LogP contribution < -0.4 is 5.32 Å². The predicted octanol–water partition coefficient (Wildman–Crippen LogP) is 3.58. The zero-order valence-corrected chi connectivity index (χ0v) is 19.6. The Labute approximate surface area is 194 Å². The van der Waals surface area contributed by atoms with Gasteiger partial charge in [0.05, 0.1) is 12.1 Å². The Bertz CT molecular complexity index is 1130. The smallest absolute Gasteiger partial charge is 0.253 e. The largest absolute Gasteiger partial charge is 0.383 e. The maximum Gasteiger partial charge on any atom is 0.253 e. The minimum Gasteiger partial charge on any atom is -0.383 e. The first-order valence-electron chi connectivity index (χ1n) is 11.6. The van der Waals surface area contributed by atoms with E-state index >= 15 is 0 Å². The van der Waals surface area contributed by atoms with Crippen LogP contribution in [0.1, 0.15) is 44.7 Å². The quantitative estimate of drug-likeness (QED) is 0.561. The number of methoxy groups -OCH3 is 1. The number of fused-ring (bicyclic) bond motifs is 1. The van der Waals surface area contributed by atoms with E-state index in [1.165, 1.54) is 0 Å². The number of carbonyl (C=O) groups excluding carboxylic acids is 2. The molecule has 174 valence electrons. The van der Waals surface area contributed by atoms with Gasteiger partial charge in [-0.3, -0.25) is 14.3 Å². The molecule has 1 N–H and O–H groups in total. The maximum absolute atomic E-state index is 12.8. The van der Waals surface area contributed by atoms with Gasteiger partial charge >= 0.3 is 0 Å². The molecule has 0 saturated carbocycles. The van der Waals surface area contributed by atoms with Gasteiger partial charge in [0, 0.05) is 56.0 Å². The molecule has 1 aliphatic heterocycles. The molecular formula is C26H32N4O3. The highest BCUT2D eigenvalue weighted by Crippen LogP contribution is 2.24. The Morgan fingerprint density at radius 2 is 1.82 bits per heavy atom. The highest BCUT2D eigenvalue weighted by molar-refractivity contribution is 6.00. The molecule has 2 amide bonds. The van der Waals surface area contributed by atoms with Crippen LogP contribution >= 0.6 is 0 Å². The van der Waals surface area contributed by atoms with Crippen molar-refractivity contribution >= 4 is 22.7 Å². The van der Waals surface area contributed by atoms with Gasteiger partial charge in [0.15, 0.2) is 0 Å². The van der Waals surface area contributed by atoms with Gasteiger partial charge in [0.2, 0.25) is 0 Å². The molecule has 1 saturated heterocycles. The van der Waals surface area contributed by atoms with Crippen molar-refractivity contribution in [3.05, 3.63) is 64.8 Å². The lowest BCUT2D eigenvalue weighted by Crippen LogP contribution is -2.39. The van der Waals surface area contributed by atoms with Gasteiger partial charge in [-0.25, -0.2) is 0 Å². The van der Waals surface area contributed by atoms with Crippen molar-refractivity contribution in [2.75, 3.05) is 33.4 Å². The molecular weight excluding hydrogens is 416 g/mol. The Hall–Kier alpha value is -3.19. The first-order chi connectivity index (χ1) is 16.0. The van der Waals surface area contributed by atoms with Crippen molar-refractivity contribution in [1.82, 2.24) is 20.0 Å². The Morgan fingerprint density at radius 3 is 2.52 bits per heavy atom. The number of aromatic nitrogens is 2. The monoisotopic (exact) mass is 448 g/mol. The van der Waals surface area contributed by atoms with E-state index in [1.807, 2.05) is 66.0 Å². The van der Waals surface area contributed by atoms with Gasteiger partial charge < -0.3 is 15.0 Å². The van der Waals surface area contributed by atoms with E-state index in [1.54, 1.807) is 7.11 Å². The first-order valence-corrected chi connectivity index (χ1v) is 11.6. The third kappa shape index (κ3) is 5.25. The summed E-state index contributed by atoms with van der Waals surface area (Å²) in [7, 11) is 1.61. The number of carbonyl (C=O) groups is 2. The fourth-order valence-corrected chi connectivity index (χ4v) is 4.44. The van der Waals surface area contributed by atoms with E-state index in [0.29, 0.717) is 24.6 Å². The first kappa shape index (κ1) is 23.0. The molecule has 2 aromatic carbocycles. The van der Waals surface area contributed by atoms with Crippen LogP contribution in [-0.2, 0) is 11.3 Å². The second kappa shape index (κ2) is 10.2. The summed E-state index contributed by atoms with van der Waals surface area (Å²) in [5.41, 5.74) is 4.42. The minimum atomic E-state index is -0.0928. The lowest BCUT2D eigenvalue weighted by atomic mass is 9.96. The van der Waals surface area contributed by atoms with Crippen LogP contribution in [0.5, 0.6) is 0 Å². The standard InChI is InChI=1S/C26H32N4O3/c1-18-4-6-21(7-5-18)26(32)29-13-10-20(11-14-29)16-30-17-23-19(2)22(8-9-24(23)28-30)25(31)27-12-15-33-3/h4-9,17,20H,10-16H2,1-3H3,(H,27,31). The highest BCUT2D eigenvalue weighted by atomic mass is 16.5. The zero-order chi connectivity index (χ0) is 23.4. The molecule has 7 heteroatoms. The van der Waals surface area contributed by atoms with E-state index in [2.05, 4.69) is 5.32 Å². The molecule has 1 fully saturated rings. The van der Waals surface area contributed by atoms with Crippen LogP contribution in [0.2, 0.25) is 0 Å². The zero-order valence-electron chi connectivity index (χ0n) is 19.6. The fraction of sp³-hybridized carbons (Fsp3) is 0.423. The summed E-state index contributed by atoms with van der Waals surface area (Å²) >= 11 is 0. The number of benzene rings is 2. The molecule has 0 bridgehead atoms. The average molecular weight is 449 g/mol. The molecule has 0 atom stereocenters. The highest BCUT2D eigenvalue weighted by Gasteiger charge is 2.24. The van der Waals surface area contributed by atoms with Crippen molar-refractivity contribution in [3.8, 4) is 0 Å². The van der Waals surface area contributed by atoms with E-state index in [-0.39, 0.29) is 11.8 Å². The van der Waals surface area contributed by atoms with Crippen molar-refractivity contribution in [2.45, 2.75) is 33.2 Å². The van der Waals surface area contributed by atoms with Crippen LogP contribution in [0.4, 0.5) is 0 Å². The van der Waals surface area contributed by atoms with Gasteiger partial charge in [-0.15, -0.1) is 0 Å². The summed E-state index contributed by atoms with van der Waals surface area (Å²) < 4.78 is 6.99. The Morgan fingerprint density at radius 1 is 1.09 bits per heavy atom. The Kier molecular flexibility index (Phi) is 7.08. The summed E-state index contributed by atoms with van der Waals surface area (Å²) in [6.45, 7) is 7.31. The summed E-state index contributed by atoms with van der Waals surface area (Å²) in [5.74, 6) is 0.494. The summed E-state index contributed by atoms with van der Waals surface area (Å²) in [5, 5.41) is 8.62. The predicted molar refractivity (Wildman–Crippen MR) is 128 cm³/mol. The van der Waals surface area contributed by atoms with E-state index < -0.39 is 0 Å². The van der Waals surface area contributed by atoms with Crippen molar-refractivity contribution < 1.29 is 14.3 Å². The average Bonchev–Trinajstić information content (AvgIpc) is 3.23. The SMILES string of the molecule is COCCNC(=O)c1ccc2nn(CC3CCN(C(=O)c4ccc(C)cc4)CC3)cc2c1C. The molecule has 3 aromatic rings. The van der Waals surface area contributed by atoms with Crippen molar-refractivity contribution in [3.63, 3.8) is 0 Å². The summed E-state index contributed by atoms with van der Waals surface area (Å²) in [4.78, 5) is 27.2. The topological polar surface area (TPSA) is 76.5 Å². The molecule has 1 aliphatic rings. The molecule has 2 heterocycles. The molecule has 0 spiro atoms. The number of hydrogen-bond acceptors (Lipinski definition) is 4. The summed E-state index contributed by atoms with van der Waals surface area (Å²) in [6, 6.07) is 11.5. The van der Waals surface area contributed by atoms with Gasteiger partial charge in [-0.2, -0.15) is 5.10 Å². The molecule has 0 unspecified atom stereocenters. The van der Waals surface area contributed by atoms with Gasteiger partial charge in [0.25, 0.3) is 11.8 Å². The van der Waals surface area contributed by atoms with Crippen molar-refractivity contribution in [1.29, 1.82) is 0 Å². The molecule has 33 heavy (non-hydrogen) atoms. The fourth-order valence-electron chi connectivity index (χ4n) is 4.44. The van der Waals surface area contributed by atoms with Gasteiger partial charge in [0.1, 0.15) is 0 Å². The van der Waals surface area contributed by atoms with Crippen LogP contribution in [0.3, 0.4) is 0 Å². The molecule has 0 aliphatic carbocycles. The minimum absolute atomic E-state index is 0.0928. The van der Waals surface area contributed by atoms with Gasteiger partial charge in [-0.1, -0.05) is 17.7 Å². The van der Waals surface area contributed by atoms with E-state index in [9.17, 15) is 9.59 Å². The lowest BCUT2D eigenvalue weighted by Gasteiger charge is -2.32. The second-order valence-corrected chi connectivity index (χ2v) is 8.87. The third-order valence-corrected chi connectivity index (χ3v) is 6.49. The van der Waals surface area contributed by atoms with Crippen LogP contribution in [-0.4, -0.2) is 59.8 Å². The third-order valence-electron chi connectivity index (χ3n) is 6.49. The maximum atomic E-state index is 12.8. The number of piperidine rings is 1. The van der Waals surface area contributed by atoms with Crippen LogP contribution in [0.15, 0.2) is 42.6 Å². The normalized spacial score (nSPS) is 14.6. The number of aryl methyl sites for hydroxylation is 2. The number of amides is 2. The molecule has 0 radical (unpaired) electrons. The van der Waals surface area contributed by atoms with Crippen LogP contribution in [0.25, 0.3) is 10.9 Å². The number of likely N-dealkylation sites (tertiary alicyclic amines) is 1. The lowest BCUT2D eigenvalue weighted by molar-refractivity contribution is 0.0681. The number of ether oxygens (including phenoxy) is 1. The molecule has 7 nitrogen and oxygen atoms in total. The Balaban J connectivity index is 1.37. The summed E-state index contributed by atoms with van der Waals surface area (Å²) in [6.07, 6.45) is 3.96. The number of rotatable bonds is 7. The molecule has 1 aromatic heterocycles. The molecule has 4 rings (SSSR count).